The number of para-hydroxylation sites is 1. The van der Waals surface area contributed by atoms with Gasteiger partial charge in [-0.2, -0.15) is 0 Å². The molecule has 1 rings (SSSR count). The Labute approximate surface area is 113 Å². The van der Waals surface area contributed by atoms with Gasteiger partial charge in [0.2, 0.25) is 0 Å². The van der Waals surface area contributed by atoms with E-state index in [1.165, 1.54) is 18.2 Å². The minimum absolute atomic E-state index is 0.112. The van der Waals surface area contributed by atoms with E-state index in [1.807, 2.05) is 0 Å². The molecule has 0 aliphatic rings. The second-order valence-electron chi connectivity index (χ2n) is 4.28. The van der Waals surface area contributed by atoms with Crippen LogP contribution in [0.3, 0.4) is 0 Å². The molecule has 0 fully saturated rings. The molecule has 0 saturated carbocycles. The standard InChI is InChI=1S/C14H21FN2O2/c1-2-3-9-19-10-5-8-17-14(18)11-6-4-7-12(15)13(11)16/h4,6-7H,2-3,5,8-10,16H2,1H3,(H,17,18). The van der Waals surface area contributed by atoms with Crippen molar-refractivity contribution in [2.75, 3.05) is 25.5 Å². The lowest BCUT2D eigenvalue weighted by Crippen LogP contribution is -2.26. The molecule has 0 unspecified atom stereocenters. The van der Waals surface area contributed by atoms with Gasteiger partial charge in [-0.15, -0.1) is 0 Å². The van der Waals surface area contributed by atoms with Crippen LogP contribution in [0.2, 0.25) is 0 Å². The zero-order chi connectivity index (χ0) is 14.1. The van der Waals surface area contributed by atoms with Crippen LogP contribution in [0.15, 0.2) is 18.2 Å². The number of anilines is 1. The van der Waals surface area contributed by atoms with Gasteiger partial charge in [0.05, 0.1) is 11.3 Å². The number of nitrogen functional groups attached to an aromatic ring is 1. The Morgan fingerprint density at radius 2 is 2.11 bits per heavy atom. The second-order valence-corrected chi connectivity index (χ2v) is 4.28. The summed E-state index contributed by atoms with van der Waals surface area (Å²) in [6, 6.07) is 4.20. The number of halogens is 1. The molecule has 0 aliphatic carbocycles. The zero-order valence-electron chi connectivity index (χ0n) is 11.2. The van der Waals surface area contributed by atoms with Crippen LogP contribution in [-0.2, 0) is 4.74 Å². The maximum Gasteiger partial charge on any atom is 0.253 e. The highest BCUT2D eigenvalue weighted by Gasteiger charge is 2.11. The van der Waals surface area contributed by atoms with Crippen molar-refractivity contribution in [2.45, 2.75) is 26.2 Å². The molecule has 1 aromatic rings. The molecule has 106 valence electrons. The van der Waals surface area contributed by atoms with Crippen LogP contribution in [0.5, 0.6) is 0 Å². The molecule has 0 aromatic heterocycles. The molecule has 0 aliphatic heterocycles. The van der Waals surface area contributed by atoms with Crippen LogP contribution in [0.1, 0.15) is 36.5 Å². The number of rotatable bonds is 8. The predicted octanol–water partition coefficient (Wildman–Crippen LogP) is 2.34. The van der Waals surface area contributed by atoms with Crippen molar-refractivity contribution in [3.8, 4) is 0 Å². The summed E-state index contributed by atoms with van der Waals surface area (Å²) in [4.78, 5) is 11.8. The van der Waals surface area contributed by atoms with E-state index in [4.69, 9.17) is 10.5 Å². The third kappa shape index (κ3) is 5.26. The van der Waals surface area contributed by atoms with Crippen LogP contribution in [0, 0.1) is 5.82 Å². The highest BCUT2D eigenvalue weighted by Crippen LogP contribution is 2.15. The monoisotopic (exact) mass is 268 g/mol. The molecule has 4 nitrogen and oxygen atoms in total. The summed E-state index contributed by atoms with van der Waals surface area (Å²) < 4.78 is 18.5. The maximum atomic E-state index is 13.2. The summed E-state index contributed by atoms with van der Waals surface area (Å²) >= 11 is 0. The number of unbranched alkanes of at least 4 members (excludes halogenated alkanes) is 1. The average molecular weight is 268 g/mol. The first kappa shape index (κ1) is 15.4. The van der Waals surface area contributed by atoms with E-state index < -0.39 is 5.82 Å². The first-order valence-electron chi connectivity index (χ1n) is 6.56. The maximum absolute atomic E-state index is 13.2. The Balaban J connectivity index is 2.26. The van der Waals surface area contributed by atoms with E-state index in [2.05, 4.69) is 12.2 Å². The second kappa shape index (κ2) is 8.48. The Kier molecular flexibility index (Phi) is 6.89. The molecule has 3 N–H and O–H groups in total. The zero-order valence-corrected chi connectivity index (χ0v) is 11.2. The number of benzene rings is 1. The fourth-order valence-corrected chi connectivity index (χ4v) is 1.55. The molecule has 0 bridgehead atoms. The fourth-order valence-electron chi connectivity index (χ4n) is 1.55. The van der Waals surface area contributed by atoms with Crippen molar-refractivity contribution >= 4 is 11.6 Å². The van der Waals surface area contributed by atoms with Gasteiger partial charge in [-0.25, -0.2) is 4.39 Å². The van der Waals surface area contributed by atoms with Crippen molar-refractivity contribution in [1.82, 2.24) is 5.32 Å². The van der Waals surface area contributed by atoms with Gasteiger partial charge in [0.15, 0.2) is 0 Å². The summed E-state index contributed by atoms with van der Waals surface area (Å²) in [5.74, 6) is -0.930. The van der Waals surface area contributed by atoms with Crippen molar-refractivity contribution in [1.29, 1.82) is 0 Å². The Hall–Kier alpha value is -1.62. The fraction of sp³-hybridized carbons (Fsp3) is 0.500. The van der Waals surface area contributed by atoms with E-state index in [0.717, 1.165) is 25.9 Å². The summed E-state index contributed by atoms with van der Waals surface area (Å²) in [5, 5.41) is 2.69. The van der Waals surface area contributed by atoms with E-state index in [1.54, 1.807) is 0 Å². The van der Waals surface area contributed by atoms with Gasteiger partial charge in [0.1, 0.15) is 5.82 Å². The molecule has 1 amide bonds. The van der Waals surface area contributed by atoms with Crippen molar-refractivity contribution in [3.05, 3.63) is 29.6 Å². The third-order valence-corrected chi connectivity index (χ3v) is 2.69. The van der Waals surface area contributed by atoms with Crippen LogP contribution in [-0.4, -0.2) is 25.7 Å². The topological polar surface area (TPSA) is 64.3 Å². The Bertz CT molecular complexity index is 410. The van der Waals surface area contributed by atoms with Gasteiger partial charge in [-0.05, 0) is 25.0 Å². The third-order valence-electron chi connectivity index (χ3n) is 2.69. The largest absolute Gasteiger partial charge is 0.396 e. The van der Waals surface area contributed by atoms with Crippen LogP contribution in [0.25, 0.3) is 0 Å². The summed E-state index contributed by atoms with van der Waals surface area (Å²) in [6.45, 7) is 3.95. The minimum Gasteiger partial charge on any atom is -0.396 e. The summed E-state index contributed by atoms with van der Waals surface area (Å²) in [7, 11) is 0. The van der Waals surface area contributed by atoms with Gasteiger partial charge >= 0.3 is 0 Å². The lowest BCUT2D eigenvalue weighted by atomic mass is 10.1. The minimum atomic E-state index is -0.574. The van der Waals surface area contributed by atoms with Crippen LogP contribution in [0.4, 0.5) is 10.1 Å². The van der Waals surface area contributed by atoms with Gasteiger partial charge in [-0.1, -0.05) is 19.4 Å². The summed E-state index contributed by atoms with van der Waals surface area (Å²) in [6.07, 6.45) is 2.88. The van der Waals surface area contributed by atoms with Gasteiger partial charge < -0.3 is 15.8 Å². The number of ether oxygens (including phenoxy) is 1. The smallest absolute Gasteiger partial charge is 0.253 e. The first-order valence-corrected chi connectivity index (χ1v) is 6.56. The quantitative estimate of drug-likeness (QED) is 0.562. The number of nitrogens with two attached hydrogens (primary N) is 1. The first-order chi connectivity index (χ1) is 9.16. The lowest BCUT2D eigenvalue weighted by Gasteiger charge is -2.08. The molecular formula is C14H21FN2O2. The predicted molar refractivity (Wildman–Crippen MR) is 73.5 cm³/mol. The molecular weight excluding hydrogens is 247 g/mol. The molecule has 0 spiro atoms. The Morgan fingerprint density at radius 1 is 1.37 bits per heavy atom. The van der Waals surface area contributed by atoms with Crippen molar-refractivity contribution in [3.63, 3.8) is 0 Å². The van der Waals surface area contributed by atoms with E-state index >= 15 is 0 Å². The number of nitrogens with one attached hydrogen (secondary N) is 1. The van der Waals surface area contributed by atoms with Crippen molar-refractivity contribution in [2.24, 2.45) is 0 Å². The number of hydrogen-bond acceptors (Lipinski definition) is 3. The normalized spacial score (nSPS) is 10.4. The van der Waals surface area contributed by atoms with Crippen LogP contribution < -0.4 is 11.1 Å². The number of carbonyl (C=O) groups excluding carboxylic acids is 1. The molecule has 0 radical (unpaired) electrons. The van der Waals surface area contributed by atoms with Gasteiger partial charge in [0.25, 0.3) is 5.91 Å². The lowest BCUT2D eigenvalue weighted by molar-refractivity contribution is 0.0941. The molecule has 0 saturated heterocycles. The highest BCUT2D eigenvalue weighted by atomic mass is 19.1. The van der Waals surface area contributed by atoms with Gasteiger partial charge in [-0.3, -0.25) is 4.79 Å². The van der Waals surface area contributed by atoms with E-state index in [-0.39, 0.29) is 17.2 Å². The van der Waals surface area contributed by atoms with E-state index in [0.29, 0.717) is 13.2 Å². The molecule has 1 aromatic carbocycles. The average Bonchev–Trinajstić information content (AvgIpc) is 2.40. The number of amides is 1. The highest BCUT2D eigenvalue weighted by molar-refractivity contribution is 5.99. The Morgan fingerprint density at radius 3 is 2.84 bits per heavy atom. The molecule has 0 heterocycles. The SMILES string of the molecule is CCCCOCCCNC(=O)c1cccc(F)c1N. The number of carbonyl (C=O) groups is 1. The van der Waals surface area contributed by atoms with Gasteiger partial charge in [0, 0.05) is 19.8 Å². The van der Waals surface area contributed by atoms with Crippen molar-refractivity contribution < 1.29 is 13.9 Å². The van der Waals surface area contributed by atoms with E-state index in [9.17, 15) is 9.18 Å². The van der Waals surface area contributed by atoms with Crippen LogP contribution >= 0.6 is 0 Å². The molecule has 5 heteroatoms. The molecule has 19 heavy (non-hydrogen) atoms. The molecule has 0 atom stereocenters. The summed E-state index contributed by atoms with van der Waals surface area (Å²) in [5.41, 5.74) is 5.57. The number of hydrogen-bond donors (Lipinski definition) is 2.